The van der Waals surface area contributed by atoms with Crippen LogP contribution in [0.5, 0.6) is 5.75 Å². The standard InChI is InChI=1S/C21H26N4O4/c1-16-13-18(22-29-16)21(27)25-8-4-7-24(9-10-25)20(26)15-23-11-12-28-19-6-3-2-5-17(19)14-23/h2-3,5-6,13H,4,7-12,14-15H2,1H3. The largest absolute Gasteiger partial charge is 0.492 e. The first-order valence-corrected chi connectivity index (χ1v) is 10.0. The molecule has 2 amide bonds. The SMILES string of the molecule is Cc1cc(C(=O)N2CCCN(C(=O)CN3CCOc4ccccc4C3)CC2)no1. The molecular weight excluding hydrogens is 372 g/mol. The zero-order chi connectivity index (χ0) is 20.2. The summed E-state index contributed by atoms with van der Waals surface area (Å²) in [5.41, 5.74) is 1.43. The van der Waals surface area contributed by atoms with Crippen LogP contribution >= 0.6 is 0 Å². The first kappa shape index (κ1) is 19.4. The molecule has 8 nitrogen and oxygen atoms in total. The van der Waals surface area contributed by atoms with Crippen LogP contribution in [0.25, 0.3) is 0 Å². The topological polar surface area (TPSA) is 79.1 Å². The van der Waals surface area contributed by atoms with Crippen molar-refractivity contribution in [2.75, 3.05) is 45.9 Å². The van der Waals surface area contributed by atoms with Crippen molar-refractivity contribution in [2.24, 2.45) is 0 Å². The summed E-state index contributed by atoms with van der Waals surface area (Å²) in [6.07, 6.45) is 0.750. The minimum absolute atomic E-state index is 0.0935. The number of ether oxygens (including phenoxy) is 1. The molecule has 0 unspecified atom stereocenters. The minimum Gasteiger partial charge on any atom is -0.492 e. The molecule has 4 rings (SSSR count). The average Bonchev–Trinajstić information content (AvgIpc) is 2.92. The number of nitrogens with zero attached hydrogens (tertiary/aromatic N) is 4. The van der Waals surface area contributed by atoms with Gasteiger partial charge in [-0.1, -0.05) is 23.4 Å². The molecule has 0 N–H and O–H groups in total. The maximum atomic E-state index is 12.9. The Bertz CT molecular complexity index is 881. The molecule has 2 aliphatic heterocycles. The van der Waals surface area contributed by atoms with E-state index in [1.54, 1.807) is 17.9 Å². The lowest BCUT2D eigenvalue weighted by Gasteiger charge is -2.25. The van der Waals surface area contributed by atoms with E-state index in [1.807, 2.05) is 29.2 Å². The molecule has 1 aromatic carbocycles. The van der Waals surface area contributed by atoms with Crippen LogP contribution in [0.4, 0.5) is 0 Å². The van der Waals surface area contributed by atoms with Gasteiger partial charge < -0.3 is 19.1 Å². The molecule has 0 radical (unpaired) electrons. The number of fused-ring (bicyclic) bond motifs is 1. The predicted molar refractivity (Wildman–Crippen MR) is 106 cm³/mol. The number of benzene rings is 1. The second-order valence-electron chi connectivity index (χ2n) is 7.52. The first-order chi connectivity index (χ1) is 14.1. The van der Waals surface area contributed by atoms with Crippen LogP contribution in [0, 0.1) is 6.92 Å². The normalized spacial score (nSPS) is 17.8. The van der Waals surface area contributed by atoms with E-state index in [0.29, 0.717) is 63.9 Å². The average molecular weight is 398 g/mol. The summed E-state index contributed by atoms with van der Waals surface area (Å²) in [4.78, 5) is 31.2. The van der Waals surface area contributed by atoms with Crippen molar-refractivity contribution < 1.29 is 18.8 Å². The van der Waals surface area contributed by atoms with E-state index in [-0.39, 0.29) is 11.8 Å². The van der Waals surface area contributed by atoms with Crippen LogP contribution < -0.4 is 4.74 Å². The molecule has 1 aromatic heterocycles. The maximum absolute atomic E-state index is 12.9. The van der Waals surface area contributed by atoms with Crippen LogP contribution in [0.3, 0.4) is 0 Å². The van der Waals surface area contributed by atoms with E-state index < -0.39 is 0 Å². The molecule has 154 valence electrons. The molecule has 0 aliphatic carbocycles. The molecule has 3 heterocycles. The van der Waals surface area contributed by atoms with E-state index in [4.69, 9.17) is 9.26 Å². The lowest BCUT2D eigenvalue weighted by atomic mass is 10.2. The lowest BCUT2D eigenvalue weighted by Crippen LogP contribution is -2.43. The second kappa shape index (κ2) is 8.65. The van der Waals surface area contributed by atoms with E-state index in [2.05, 4.69) is 10.1 Å². The van der Waals surface area contributed by atoms with E-state index in [9.17, 15) is 9.59 Å². The number of rotatable bonds is 3. The smallest absolute Gasteiger partial charge is 0.276 e. The Morgan fingerprint density at radius 2 is 1.86 bits per heavy atom. The van der Waals surface area contributed by atoms with Crippen molar-refractivity contribution in [3.8, 4) is 5.75 Å². The fraction of sp³-hybridized carbons (Fsp3) is 0.476. The van der Waals surface area contributed by atoms with Crippen LogP contribution in [0.2, 0.25) is 0 Å². The predicted octanol–water partition coefficient (Wildman–Crippen LogP) is 1.55. The fourth-order valence-electron chi connectivity index (χ4n) is 3.81. The van der Waals surface area contributed by atoms with Crippen molar-refractivity contribution in [1.82, 2.24) is 19.9 Å². The van der Waals surface area contributed by atoms with Crippen molar-refractivity contribution >= 4 is 11.8 Å². The highest BCUT2D eigenvalue weighted by molar-refractivity contribution is 5.92. The number of hydrogen-bond donors (Lipinski definition) is 0. The second-order valence-corrected chi connectivity index (χ2v) is 7.52. The molecular formula is C21H26N4O4. The third-order valence-corrected chi connectivity index (χ3v) is 5.37. The molecule has 0 saturated carbocycles. The lowest BCUT2D eigenvalue weighted by molar-refractivity contribution is -0.132. The molecule has 2 aromatic rings. The highest BCUT2D eigenvalue weighted by atomic mass is 16.5. The van der Waals surface area contributed by atoms with Gasteiger partial charge in [0.2, 0.25) is 5.91 Å². The minimum atomic E-state index is -0.141. The molecule has 1 fully saturated rings. The van der Waals surface area contributed by atoms with Gasteiger partial charge in [0.15, 0.2) is 5.69 Å². The van der Waals surface area contributed by atoms with E-state index in [0.717, 1.165) is 17.7 Å². The maximum Gasteiger partial charge on any atom is 0.276 e. The van der Waals surface area contributed by atoms with Gasteiger partial charge in [-0.3, -0.25) is 14.5 Å². The highest BCUT2D eigenvalue weighted by Gasteiger charge is 2.26. The monoisotopic (exact) mass is 398 g/mol. The van der Waals surface area contributed by atoms with Crippen molar-refractivity contribution in [3.05, 3.63) is 47.3 Å². The number of aromatic nitrogens is 1. The summed E-state index contributed by atoms with van der Waals surface area (Å²) >= 11 is 0. The fourth-order valence-corrected chi connectivity index (χ4v) is 3.81. The number of carbonyl (C=O) groups excluding carboxylic acids is 2. The van der Waals surface area contributed by atoms with Crippen molar-refractivity contribution in [2.45, 2.75) is 19.9 Å². The van der Waals surface area contributed by atoms with Gasteiger partial charge in [-0.15, -0.1) is 0 Å². The Labute approximate surface area is 170 Å². The van der Waals surface area contributed by atoms with Crippen LogP contribution in [-0.4, -0.2) is 77.5 Å². The highest BCUT2D eigenvalue weighted by Crippen LogP contribution is 2.22. The quantitative estimate of drug-likeness (QED) is 0.781. The van der Waals surface area contributed by atoms with Gasteiger partial charge in [0.05, 0.1) is 6.54 Å². The van der Waals surface area contributed by atoms with Gasteiger partial charge in [0.25, 0.3) is 5.91 Å². The number of hydrogen-bond acceptors (Lipinski definition) is 6. The number of aryl methyl sites for hydroxylation is 1. The molecule has 1 saturated heterocycles. The number of para-hydroxylation sites is 1. The molecule has 0 bridgehead atoms. The van der Waals surface area contributed by atoms with Crippen LogP contribution in [0.15, 0.2) is 34.9 Å². The van der Waals surface area contributed by atoms with Crippen molar-refractivity contribution in [1.29, 1.82) is 0 Å². The van der Waals surface area contributed by atoms with Gasteiger partial charge in [-0.25, -0.2) is 0 Å². The molecule has 29 heavy (non-hydrogen) atoms. The zero-order valence-corrected chi connectivity index (χ0v) is 16.7. The van der Waals surface area contributed by atoms with E-state index in [1.165, 1.54) is 0 Å². The summed E-state index contributed by atoms with van der Waals surface area (Å²) in [6, 6.07) is 9.61. The Morgan fingerprint density at radius 1 is 1.07 bits per heavy atom. The van der Waals surface area contributed by atoms with Gasteiger partial charge in [0.1, 0.15) is 18.1 Å². The van der Waals surface area contributed by atoms with E-state index >= 15 is 0 Å². The zero-order valence-electron chi connectivity index (χ0n) is 16.7. The van der Waals surface area contributed by atoms with Crippen molar-refractivity contribution in [3.63, 3.8) is 0 Å². The summed E-state index contributed by atoms with van der Waals surface area (Å²) in [5.74, 6) is 1.46. The van der Waals surface area contributed by atoms with Crippen LogP contribution in [0.1, 0.15) is 28.2 Å². The summed E-state index contributed by atoms with van der Waals surface area (Å²) in [7, 11) is 0. The number of amides is 2. The van der Waals surface area contributed by atoms with Gasteiger partial charge in [-0.05, 0) is 19.4 Å². The Balaban J connectivity index is 1.33. The molecule has 0 atom stereocenters. The third kappa shape index (κ3) is 4.59. The summed E-state index contributed by atoms with van der Waals surface area (Å²) in [6.45, 7) is 6.40. The van der Waals surface area contributed by atoms with Gasteiger partial charge >= 0.3 is 0 Å². The summed E-state index contributed by atoms with van der Waals surface area (Å²) < 4.78 is 10.8. The van der Waals surface area contributed by atoms with Crippen LogP contribution in [-0.2, 0) is 11.3 Å². The first-order valence-electron chi connectivity index (χ1n) is 10.0. The number of carbonyl (C=O) groups is 2. The molecule has 8 heteroatoms. The Morgan fingerprint density at radius 3 is 2.69 bits per heavy atom. The molecule has 0 spiro atoms. The van der Waals surface area contributed by atoms with Gasteiger partial charge in [0, 0.05) is 50.9 Å². The third-order valence-electron chi connectivity index (χ3n) is 5.37. The summed E-state index contributed by atoms with van der Waals surface area (Å²) in [5, 5.41) is 3.82. The molecule has 2 aliphatic rings. The van der Waals surface area contributed by atoms with Gasteiger partial charge in [-0.2, -0.15) is 0 Å². The Kier molecular flexibility index (Phi) is 5.80. The Hall–Kier alpha value is -2.87.